The summed E-state index contributed by atoms with van der Waals surface area (Å²) in [6, 6.07) is 12.4. The van der Waals surface area contributed by atoms with Crippen LogP contribution in [-0.4, -0.2) is 25.6 Å². The van der Waals surface area contributed by atoms with Gasteiger partial charge in [-0.25, -0.2) is 9.97 Å². The van der Waals surface area contributed by atoms with E-state index in [-0.39, 0.29) is 6.42 Å². The maximum atomic E-state index is 10.6. The highest BCUT2D eigenvalue weighted by Gasteiger charge is 2.12. The predicted molar refractivity (Wildman–Crippen MR) is 98.2 cm³/mol. The van der Waals surface area contributed by atoms with E-state index in [9.17, 15) is 4.79 Å². The van der Waals surface area contributed by atoms with Gasteiger partial charge >= 0.3 is 5.97 Å². The van der Waals surface area contributed by atoms with Crippen LogP contribution < -0.4 is 0 Å². The van der Waals surface area contributed by atoms with Crippen LogP contribution in [0.2, 0.25) is 0 Å². The number of hydrogen-bond donors (Lipinski definition) is 1. The maximum absolute atomic E-state index is 10.6. The van der Waals surface area contributed by atoms with Crippen molar-refractivity contribution in [3.8, 4) is 5.69 Å². The molecule has 1 N–H and O–H groups in total. The standard InChI is InChI=1S/C20H23N3O2/c1-3-18-22-17-13-8-14(2)21-20(17)23(18)16-11-9-15(10-12-16)6-4-5-7-19(24)25/h8-13H,3-7H2,1-2H3,(H,24,25). The van der Waals surface area contributed by atoms with Crippen molar-refractivity contribution in [1.82, 2.24) is 14.5 Å². The third-order valence-corrected chi connectivity index (χ3v) is 4.33. The van der Waals surface area contributed by atoms with Gasteiger partial charge in [-0.1, -0.05) is 19.1 Å². The molecule has 0 aliphatic carbocycles. The second kappa shape index (κ2) is 7.47. The summed E-state index contributed by atoms with van der Waals surface area (Å²) in [5, 5.41) is 8.69. The largest absolute Gasteiger partial charge is 0.481 e. The van der Waals surface area contributed by atoms with E-state index in [1.165, 1.54) is 5.56 Å². The number of carboxylic acid groups (broad SMARTS) is 1. The molecule has 0 fully saturated rings. The van der Waals surface area contributed by atoms with Crippen molar-refractivity contribution >= 4 is 17.1 Å². The van der Waals surface area contributed by atoms with Gasteiger partial charge in [0.15, 0.2) is 5.65 Å². The van der Waals surface area contributed by atoms with Gasteiger partial charge in [-0.3, -0.25) is 9.36 Å². The van der Waals surface area contributed by atoms with Gasteiger partial charge in [-0.2, -0.15) is 0 Å². The number of unbranched alkanes of at least 4 members (excludes halogenated alkanes) is 1. The molecule has 2 aromatic heterocycles. The van der Waals surface area contributed by atoms with Crippen molar-refractivity contribution in [3.63, 3.8) is 0 Å². The number of aromatic nitrogens is 3. The minimum absolute atomic E-state index is 0.240. The number of benzene rings is 1. The Kier molecular flexibility index (Phi) is 5.12. The van der Waals surface area contributed by atoms with E-state index >= 15 is 0 Å². The quantitative estimate of drug-likeness (QED) is 0.659. The number of nitrogens with zero attached hydrogens (tertiary/aromatic N) is 3. The number of imidazole rings is 1. The third kappa shape index (κ3) is 3.87. The summed E-state index contributed by atoms with van der Waals surface area (Å²) in [7, 11) is 0. The first-order chi connectivity index (χ1) is 12.1. The first-order valence-corrected chi connectivity index (χ1v) is 8.74. The molecule has 5 heteroatoms. The first-order valence-electron chi connectivity index (χ1n) is 8.74. The SMILES string of the molecule is CCc1nc2ccc(C)nc2n1-c1ccc(CCCCC(=O)O)cc1. The molecule has 2 heterocycles. The Hall–Kier alpha value is -2.69. The molecule has 1 aromatic carbocycles. The van der Waals surface area contributed by atoms with Crippen LogP contribution in [0.1, 0.15) is 43.3 Å². The molecule has 3 aromatic rings. The maximum Gasteiger partial charge on any atom is 0.303 e. The molecule has 5 nitrogen and oxygen atoms in total. The van der Waals surface area contributed by atoms with E-state index in [1.54, 1.807) is 0 Å². The van der Waals surface area contributed by atoms with Crippen molar-refractivity contribution in [2.45, 2.75) is 46.0 Å². The van der Waals surface area contributed by atoms with E-state index in [2.05, 4.69) is 40.7 Å². The zero-order valence-electron chi connectivity index (χ0n) is 14.7. The molecule has 0 aliphatic heterocycles. The van der Waals surface area contributed by atoms with Crippen LogP contribution in [-0.2, 0) is 17.6 Å². The fourth-order valence-corrected chi connectivity index (χ4v) is 3.02. The summed E-state index contributed by atoms with van der Waals surface area (Å²) in [6.45, 7) is 4.09. The minimum atomic E-state index is -0.725. The number of fused-ring (bicyclic) bond motifs is 1. The molecule has 0 saturated carbocycles. The molecule has 0 spiro atoms. The number of pyridine rings is 1. The van der Waals surface area contributed by atoms with Gasteiger partial charge in [0.25, 0.3) is 0 Å². The lowest BCUT2D eigenvalue weighted by molar-refractivity contribution is -0.137. The second-order valence-electron chi connectivity index (χ2n) is 6.28. The molecule has 0 saturated heterocycles. The van der Waals surface area contributed by atoms with Crippen LogP contribution in [0.15, 0.2) is 36.4 Å². The van der Waals surface area contributed by atoms with Crippen molar-refractivity contribution < 1.29 is 9.90 Å². The lowest BCUT2D eigenvalue weighted by Crippen LogP contribution is -2.01. The van der Waals surface area contributed by atoms with Crippen LogP contribution in [0.4, 0.5) is 0 Å². The number of carboxylic acids is 1. The van der Waals surface area contributed by atoms with E-state index in [4.69, 9.17) is 10.1 Å². The summed E-state index contributed by atoms with van der Waals surface area (Å²) in [6.07, 6.45) is 3.58. The van der Waals surface area contributed by atoms with Gasteiger partial charge < -0.3 is 5.11 Å². The molecule has 3 rings (SSSR count). The first kappa shape index (κ1) is 17.1. The normalized spacial score (nSPS) is 11.1. The van der Waals surface area contributed by atoms with Crippen LogP contribution in [0.5, 0.6) is 0 Å². The highest BCUT2D eigenvalue weighted by molar-refractivity contribution is 5.74. The molecule has 25 heavy (non-hydrogen) atoms. The van der Waals surface area contributed by atoms with E-state index in [1.807, 2.05) is 19.1 Å². The molecule has 0 unspecified atom stereocenters. The summed E-state index contributed by atoms with van der Waals surface area (Å²) in [5.74, 6) is 0.277. The number of carbonyl (C=O) groups is 1. The summed E-state index contributed by atoms with van der Waals surface area (Å²) < 4.78 is 2.12. The fraction of sp³-hybridized carbons (Fsp3) is 0.350. The number of aryl methyl sites for hydroxylation is 3. The smallest absolute Gasteiger partial charge is 0.303 e. The second-order valence-corrected chi connectivity index (χ2v) is 6.28. The van der Waals surface area contributed by atoms with Crippen molar-refractivity contribution in [1.29, 1.82) is 0 Å². The minimum Gasteiger partial charge on any atom is -0.481 e. The van der Waals surface area contributed by atoms with E-state index in [0.29, 0.717) is 6.42 Å². The van der Waals surface area contributed by atoms with Crippen LogP contribution in [0.3, 0.4) is 0 Å². The van der Waals surface area contributed by atoms with E-state index < -0.39 is 5.97 Å². The van der Waals surface area contributed by atoms with Gasteiger partial charge in [0, 0.05) is 24.2 Å². The van der Waals surface area contributed by atoms with Gasteiger partial charge in [0.1, 0.15) is 11.3 Å². The van der Waals surface area contributed by atoms with Crippen LogP contribution in [0, 0.1) is 6.92 Å². The Labute approximate surface area is 147 Å². The lowest BCUT2D eigenvalue weighted by Gasteiger charge is -2.09. The lowest BCUT2D eigenvalue weighted by atomic mass is 10.1. The Morgan fingerprint density at radius 2 is 1.84 bits per heavy atom. The number of aliphatic carboxylic acids is 1. The monoisotopic (exact) mass is 337 g/mol. The summed E-state index contributed by atoms with van der Waals surface area (Å²) in [4.78, 5) is 19.9. The molecular formula is C20H23N3O2. The molecular weight excluding hydrogens is 314 g/mol. The van der Waals surface area contributed by atoms with Gasteiger partial charge in [0.05, 0.1) is 0 Å². The topological polar surface area (TPSA) is 68.0 Å². The number of rotatable bonds is 7. The van der Waals surface area contributed by atoms with E-state index in [0.717, 1.165) is 47.6 Å². The zero-order chi connectivity index (χ0) is 17.8. The van der Waals surface area contributed by atoms with Crippen LogP contribution in [0.25, 0.3) is 16.9 Å². The zero-order valence-corrected chi connectivity index (χ0v) is 14.7. The predicted octanol–water partition coefficient (Wildman–Crippen LogP) is 4.09. The molecule has 0 amide bonds. The Morgan fingerprint density at radius 1 is 1.08 bits per heavy atom. The van der Waals surface area contributed by atoms with Gasteiger partial charge in [-0.15, -0.1) is 0 Å². The molecule has 0 atom stereocenters. The Morgan fingerprint density at radius 3 is 2.52 bits per heavy atom. The number of hydrogen-bond acceptors (Lipinski definition) is 3. The van der Waals surface area contributed by atoms with Crippen molar-refractivity contribution in [2.24, 2.45) is 0 Å². The Bertz CT molecular complexity index is 882. The van der Waals surface area contributed by atoms with Gasteiger partial charge in [0.2, 0.25) is 0 Å². The highest BCUT2D eigenvalue weighted by atomic mass is 16.4. The average Bonchev–Trinajstić information content (AvgIpc) is 2.97. The van der Waals surface area contributed by atoms with Gasteiger partial charge in [-0.05, 0) is 56.0 Å². The van der Waals surface area contributed by atoms with Crippen molar-refractivity contribution in [2.75, 3.05) is 0 Å². The summed E-state index contributed by atoms with van der Waals surface area (Å²) >= 11 is 0. The van der Waals surface area contributed by atoms with Crippen LogP contribution >= 0.6 is 0 Å². The van der Waals surface area contributed by atoms with Crippen molar-refractivity contribution in [3.05, 3.63) is 53.5 Å². The average molecular weight is 337 g/mol. The molecule has 130 valence electrons. The third-order valence-electron chi connectivity index (χ3n) is 4.33. The fourth-order valence-electron chi connectivity index (χ4n) is 3.02. The molecule has 0 radical (unpaired) electrons. The molecule has 0 bridgehead atoms. The Balaban J connectivity index is 1.83. The highest BCUT2D eigenvalue weighted by Crippen LogP contribution is 2.22. The molecule has 0 aliphatic rings. The summed E-state index contributed by atoms with van der Waals surface area (Å²) in [5.41, 5.74) is 5.07.